The number of nitrogens with one attached hydrogen (secondary N) is 1. The monoisotopic (exact) mass is 340 g/mol. The third-order valence-corrected chi connectivity index (χ3v) is 4.78. The van der Waals surface area contributed by atoms with Crippen molar-refractivity contribution >= 4 is 11.6 Å². The van der Waals surface area contributed by atoms with Crippen LogP contribution in [0.25, 0.3) is 0 Å². The molecule has 0 bridgehead atoms. The fourth-order valence-electron chi connectivity index (χ4n) is 3.22. The summed E-state index contributed by atoms with van der Waals surface area (Å²) < 4.78 is 1.42. The van der Waals surface area contributed by atoms with Gasteiger partial charge in [-0.2, -0.15) is 0 Å². The highest BCUT2D eigenvalue weighted by Crippen LogP contribution is 2.23. The zero-order chi connectivity index (χ0) is 17.8. The summed E-state index contributed by atoms with van der Waals surface area (Å²) in [5.74, 6) is 0.157. The van der Waals surface area contributed by atoms with Crippen LogP contribution in [0.15, 0.2) is 41.5 Å². The first-order chi connectivity index (χ1) is 12.0. The van der Waals surface area contributed by atoms with Crippen molar-refractivity contribution in [3.63, 3.8) is 0 Å². The molecule has 1 fully saturated rings. The molecule has 1 amide bonds. The molecule has 0 saturated carbocycles. The van der Waals surface area contributed by atoms with Crippen LogP contribution in [0.4, 0.5) is 5.69 Å². The molecule has 2 aromatic heterocycles. The normalized spacial score (nSPS) is 15.2. The zero-order valence-electron chi connectivity index (χ0n) is 14.7. The number of carbonyl (C=O) groups excluding carboxylic acids is 1. The minimum Gasteiger partial charge on any atom is -0.371 e. The maximum absolute atomic E-state index is 12.2. The van der Waals surface area contributed by atoms with Gasteiger partial charge in [-0.25, -0.2) is 0 Å². The van der Waals surface area contributed by atoms with Crippen molar-refractivity contribution in [3.05, 3.63) is 58.3 Å². The lowest BCUT2D eigenvalue weighted by molar-refractivity contribution is 0.0943. The van der Waals surface area contributed by atoms with Gasteiger partial charge < -0.3 is 14.8 Å². The number of hydrogen-bond donors (Lipinski definition) is 1. The van der Waals surface area contributed by atoms with Crippen LogP contribution in [0, 0.1) is 12.8 Å². The maximum Gasteiger partial charge on any atom is 0.263 e. The minimum absolute atomic E-state index is 0.203. The molecule has 2 aromatic rings. The number of amides is 1. The van der Waals surface area contributed by atoms with E-state index in [2.05, 4.69) is 21.3 Å². The average molecular weight is 340 g/mol. The molecule has 1 N–H and O–H groups in total. The van der Waals surface area contributed by atoms with Crippen LogP contribution in [0.2, 0.25) is 0 Å². The molecule has 1 aliphatic rings. The second kappa shape index (κ2) is 7.51. The van der Waals surface area contributed by atoms with Gasteiger partial charge in [0.2, 0.25) is 0 Å². The quantitative estimate of drug-likeness (QED) is 0.920. The molecule has 3 rings (SSSR count). The second-order valence-electron chi connectivity index (χ2n) is 6.63. The van der Waals surface area contributed by atoms with Crippen molar-refractivity contribution in [1.82, 2.24) is 14.9 Å². The van der Waals surface area contributed by atoms with Gasteiger partial charge in [0, 0.05) is 50.5 Å². The second-order valence-corrected chi connectivity index (χ2v) is 6.63. The smallest absolute Gasteiger partial charge is 0.263 e. The Balaban J connectivity index is 1.52. The van der Waals surface area contributed by atoms with E-state index in [-0.39, 0.29) is 17.0 Å². The van der Waals surface area contributed by atoms with Gasteiger partial charge in [0.15, 0.2) is 0 Å². The van der Waals surface area contributed by atoms with E-state index in [1.54, 1.807) is 25.4 Å². The van der Waals surface area contributed by atoms with E-state index in [0.29, 0.717) is 12.5 Å². The maximum atomic E-state index is 12.2. The lowest BCUT2D eigenvalue weighted by atomic mass is 9.96. The van der Waals surface area contributed by atoms with Crippen LogP contribution in [0.1, 0.15) is 28.9 Å². The van der Waals surface area contributed by atoms with Gasteiger partial charge in [0.25, 0.3) is 11.5 Å². The number of pyridine rings is 2. The number of aromatic nitrogens is 2. The Morgan fingerprint density at radius 3 is 2.80 bits per heavy atom. The van der Waals surface area contributed by atoms with E-state index in [1.165, 1.54) is 10.3 Å². The van der Waals surface area contributed by atoms with E-state index in [9.17, 15) is 9.59 Å². The lowest BCUT2D eigenvalue weighted by Gasteiger charge is -2.33. The molecule has 25 heavy (non-hydrogen) atoms. The van der Waals surface area contributed by atoms with Crippen molar-refractivity contribution in [2.45, 2.75) is 19.8 Å². The van der Waals surface area contributed by atoms with Crippen LogP contribution < -0.4 is 15.8 Å². The largest absolute Gasteiger partial charge is 0.371 e. The first-order valence-electron chi connectivity index (χ1n) is 8.66. The average Bonchev–Trinajstić information content (AvgIpc) is 2.62. The van der Waals surface area contributed by atoms with Gasteiger partial charge in [-0.05, 0) is 49.9 Å². The van der Waals surface area contributed by atoms with E-state index in [1.807, 2.05) is 19.2 Å². The van der Waals surface area contributed by atoms with Crippen LogP contribution in [0.3, 0.4) is 0 Å². The van der Waals surface area contributed by atoms with E-state index >= 15 is 0 Å². The number of carbonyl (C=O) groups is 1. The molecule has 132 valence electrons. The predicted molar refractivity (Wildman–Crippen MR) is 97.9 cm³/mol. The highest BCUT2D eigenvalue weighted by molar-refractivity contribution is 5.93. The Morgan fingerprint density at radius 1 is 1.32 bits per heavy atom. The van der Waals surface area contributed by atoms with Gasteiger partial charge in [0.05, 0.1) is 0 Å². The first kappa shape index (κ1) is 17.2. The molecule has 3 heterocycles. The van der Waals surface area contributed by atoms with Crippen LogP contribution in [-0.2, 0) is 7.05 Å². The Kier molecular flexibility index (Phi) is 5.16. The molecule has 0 unspecified atom stereocenters. The molecular formula is C19H24N4O2. The number of anilines is 1. The number of aryl methyl sites for hydroxylation is 2. The molecular weight excluding hydrogens is 316 g/mol. The van der Waals surface area contributed by atoms with Crippen molar-refractivity contribution < 1.29 is 4.79 Å². The third-order valence-electron chi connectivity index (χ3n) is 4.78. The first-order valence-corrected chi connectivity index (χ1v) is 8.66. The van der Waals surface area contributed by atoms with Crippen molar-refractivity contribution in [2.75, 3.05) is 24.5 Å². The Morgan fingerprint density at radius 2 is 2.08 bits per heavy atom. The fraction of sp³-hybridized carbons (Fsp3) is 0.421. The molecule has 0 spiro atoms. The standard InChI is InChI=1S/C19H24N4O2/c1-14-12-16(5-8-20-14)23-10-6-15(7-11-23)13-21-18(24)17-4-3-9-22(2)19(17)25/h3-5,8-9,12,15H,6-7,10-11,13H2,1-2H3,(H,21,24). The summed E-state index contributed by atoms with van der Waals surface area (Å²) >= 11 is 0. The molecule has 1 aliphatic heterocycles. The van der Waals surface area contributed by atoms with Crippen molar-refractivity contribution in [2.24, 2.45) is 13.0 Å². The summed E-state index contributed by atoms with van der Waals surface area (Å²) in [4.78, 5) is 30.8. The molecule has 6 heteroatoms. The van der Waals surface area contributed by atoms with E-state index < -0.39 is 0 Å². The molecule has 0 aromatic carbocycles. The van der Waals surface area contributed by atoms with Crippen molar-refractivity contribution in [1.29, 1.82) is 0 Å². The fourth-order valence-corrected chi connectivity index (χ4v) is 3.22. The summed E-state index contributed by atoms with van der Waals surface area (Å²) in [6.45, 7) is 4.55. The Bertz CT molecular complexity index is 807. The van der Waals surface area contributed by atoms with Gasteiger partial charge in [-0.15, -0.1) is 0 Å². The molecule has 6 nitrogen and oxygen atoms in total. The summed E-state index contributed by atoms with van der Waals surface area (Å²) in [6, 6.07) is 7.44. The Hall–Kier alpha value is -2.63. The molecule has 0 aliphatic carbocycles. The van der Waals surface area contributed by atoms with Gasteiger partial charge in [-0.1, -0.05) is 0 Å². The summed E-state index contributed by atoms with van der Waals surface area (Å²) in [7, 11) is 1.65. The summed E-state index contributed by atoms with van der Waals surface area (Å²) in [6.07, 6.45) is 5.54. The molecule has 0 atom stereocenters. The Labute approximate surface area is 147 Å². The number of piperidine rings is 1. The van der Waals surface area contributed by atoms with Gasteiger partial charge in [-0.3, -0.25) is 14.6 Å². The molecule has 0 radical (unpaired) electrons. The highest BCUT2D eigenvalue weighted by Gasteiger charge is 2.21. The highest BCUT2D eigenvalue weighted by atomic mass is 16.2. The van der Waals surface area contributed by atoms with Gasteiger partial charge >= 0.3 is 0 Å². The number of hydrogen-bond acceptors (Lipinski definition) is 4. The van der Waals surface area contributed by atoms with Crippen molar-refractivity contribution in [3.8, 4) is 0 Å². The zero-order valence-corrected chi connectivity index (χ0v) is 14.7. The number of rotatable bonds is 4. The minimum atomic E-state index is -0.284. The third kappa shape index (κ3) is 4.07. The van der Waals surface area contributed by atoms with E-state index in [4.69, 9.17) is 0 Å². The topological polar surface area (TPSA) is 67.2 Å². The summed E-state index contributed by atoms with van der Waals surface area (Å²) in [5.41, 5.74) is 2.18. The van der Waals surface area contributed by atoms with Gasteiger partial charge in [0.1, 0.15) is 5.56 Å². The summed E-state index contributed by atoms with van der Waals surface area (Å²) in [5, 5.41) is 2.92. The lowest BCUT2D eigenvalue weighted by Crippen LogP contribution is -2.40. The van der Waals surface area contributed by atoms with Crippen LogP contribution in [0.5, 0.6) is 0 Å². The van der Waals surface area contributed by atoms with Crippen LogP contribution >= 0.6 is 0 Å². The van der Waals surface area contributed by atoms with Crippen LogP contribution in [-0.4, -0.2) is 35.1 Å². The SMILES string of the molecule is Cc1cc(N2CCC(CNC(=O)c3cccn(C)c3=O)CC2)ccn1. The van der Waals surface area contributed by atoms with E-state index in [0.717, 1.165) is 31.6 Å². The number of nitrogens with zero attached hydrogens (tertiary/aromatic N) is 3. The predicted octanol–water partition coefficient (Wildman–Crippen LogP) is 1.74. The molecule has 1 saturated heterocycles.